The van der Waals surface area contributed by atoms with Crippen LogP contribution in [0.4, 0.5) is 5.82 Å². The standard InChI is InChI=1S/C22H36N3O8PS/c1-7-15-17(33-34-31-11-10-30-12-13-35-20(27)22(3,4)5)18(29-6)19(32-15)25-9-8-16(23-14(2)26)24-21(25)28/h8-9,15,17-19,34H,7,10-13H2,1-6H3,(H,23,24,26,28)/t15-,17?,18+,19-/m1/s1. The zero-order chi connectivity index (χ0) is 26.0. The Balaban J connectivity index is 1.80. The van der Waals surface area contributed by atoms with Gasteiger partial charge in [-0.1, -0.05) is 39.5 Å². The number of nitrogens with one attached hydrogen (secondary N) is 1. The predicted molar refractivity (Wildman–Crippen MR) is 135 cm³/mol. The number of methoxy groups -OCH3 is 1. The quantitative estimate of drug-likeness (QED) is 0.299. The number of anilines is 1. The average molecular weight is 534 g/mol. The van der Waals surface area contributed by atoms with Crippen LogP contribution in [0.1, 0.15) is 47.3 Å². The van der Waals surface area contributed by atoms with Crippen LogP contribution in [-0.4, -0.2) is 71.6 Å². The van der Waals surface area contributed by atoms with E-state index in [1.54, 1.807) is 0 Å². The number of carbonyl (C=O) groups is 2. The lowest BCUT2D eigenvalue weighted by Crippen LogP contribution is -2.37. The van der Waals surface area contributed by atoms with Crippen molar-refractivity contribution in [1.82, 2.24) is 9.55 Å². The minimum absolute atomic E-state index is 0.143. The van der Waals surface area contributed by atoms with Crippen molar-refractivity contribution in [2.75, 3.05) is 38.0 Å². The highest BCUT2D eigenvalue weighted by Crippen LogP contribution is 2.37. The van der Waals surface area contributed by atoms with Gasteiger partial charge < -0.3 is 28.6 Å². The smallest absolute Gasteiger partial charge is 0.351 e. The maximum absolute atomic E-state index is 12.5. The van der Waals surface area contributed by atoms with E-state index < -0.39 is 24.1 Å². The molecule has 1 aliphatic rings. The summed E-state index contributed by atoms with van der Waals surface area (Å²) >= 11 is 1.27. The minimum Gasteiger partial charge on any atom is -0.378 e. The number of ether oxygens (including phenoxy) is 3. The largest absolute Gasteiger partial charge is 0.378 e. The molecule has 0 radical (unpaired) electrons. The van der Waals surface area contributed by atoms with Crippen LogP contribution in [0.15, 0.2) is 17.1 Å². The van der Waals surface area contributed by atoms with Gasteiger partial charge in [0, 0.05) is 31.4 Å². The van der Waals surface area contributed by atoms with Crippen LogP contribution >= 0.6 is 20.8 Å². The summed E-state index contributed by atoms with van der Waals surface area (Å²) in [7, 11) is 1.26. The number of aromatic nitrogens is 2. The molecule has 0 bridgehead atoms. The molecule has 1 aromatic heterocycles. The van der Waals surface area contributed by atoms with Gasteiger partial charge in [0.15, 0.2) is 20.4 Å². The summed E-state index contributed by atoms with van der Waals surface area (Å²) in [5.41, 5.74) is -0.927. The first-order valence-electron chi connectivity index (χ1n) is 11.4. The summed E-state index contributed by atoms with van der Waals surface area (Å²) in [4.78, 5) is 39.5. The van der Waals surface area contributed by atoms with Gasteiger partial charge in [-0.25, -0.2) is 4.79 Å². The molecule has 13 heteroatoms. The van der Waals surface area contributed by atoms with Gasteiger partial charge in [0.1, 0.15) is 18.0 Å². The van der Waals surface area contributed by atoms with Crippen LogP contribution in [0.2, 0.25) is 0 Å². The Kier molecular flexibility index (Phi) is 12.2. The number of nitrogens with zero attached hydrogens (tertiary/aromatic N) is 2. The first-order valence-corrected chi connectivity index (χ1v) is 13.2. The van der Waals surface area contributed by atoms with Crippen molar-refractivity contribution in [2.24, 2.45) is 5.41 Å². The lowest BCUT2D eigenvalue weighted by atomic mass is 10.00. The molecule has 1 saturated heterocycles. The Hall–Kier alpha value is -1.40. The number of thioether (sulfide) groups is 1. The molecule has 0 spiro atoms. The maximum atomic E-state index is 12.5. The van der Waals surface area contributed by atoms with Crippen LogP contribution in [0.5, 0.6) is 0 Å². The summed E-state index contributed by atoms with van der Waals surface area (Å²) in [5, 5.41) is 2.62. The minimum atomic E-state index is -0.734. The number of hydrogen-bond acceptors (Lipinski definition) is 10. The Bertz CT molecular complexity index is 894. The lowest BCUT2D eigenvalue weighted by molar-refractivity contribution is -0.117. The van der Waals surface area contributed by atoms with E-state index in [-0.39, 0.29) is 37.4 Å². The van der Waals surface area contributed by atoms with Crippen molar-refractivity contribution in [1.29, 1.82) is 0 Å². The highest BCUT2D eigenvalue weighted by Gasteiger charge is 2.46. The van der Waals surface area contributed by atoms with E-state index in [4.69, 9.17) is 23.3 Å². The normalized spacial score (nSPS) is 22.7. The van der Waals surface area contributed by atoms with Gasteiger partial charge in [0.25, 0.3) is 0 Å². The summed E-state index contributed by atoms with van der Waals surface area (Å²) in [6.45, 7) is 10.2. The van der Waals surface area contributed by atoms with E-state index in [0.29, 0.717) is 32.0 Å². The topological polar surface area (TPSA) is 127 Å². The summed E-state index contributed by atoms with van der Waals surface area (Å²) in [5.74, 6) is 0.452. The van der Waals surface area contributed by atoms with Crippen LogP contribution < -0.4 is 11.0 Å². The monoisotopic (exact) mass is 533 g/mol. The Labute approximate surface area is 211 Å². The fourth-order valence-electron chi connectivity index (χ4n) is 3.25. The molecule has 0 saturated carbocycles. The second-order valence-corrected chi connectivity index (χ2v) is 10.6. The molecule has 35 heavy (non-hydrogen) atoms. The van der Waals surface area contributed by atoms with Gasteiger partial charge in [0.05, 0.1) is 25.9 Å². The van der Waals surface area contributed by atoms with E-state index in [0.717, 1.165) is 0 Å². The number of amides is 1. The second kappa shape index (κ2) is 14.4. The van der Waals surface area contributed by atoms with Gasteiger partial charge >= 0.3 is 5.69 Å². The number of carbonyl (C=O) groups excluding carboxylic acids is 2. The SMILES string of the molecule is CC[C@H]1O[C@@H](n2ccc(NC(C)=O)nc2=O)[C@@H](OC)C1OPOCCOCCSC(=O)C(C)(C)C. The van der Waals surface area contributed by atoms with Crippen molar-refractivity contribution in [3.8, 4) is 0 Å². The molecule has 5 atom stereocenters. The second-order valence-electron chi connectivity index (χ2n) is 8.87. The molecular weight excluding hydrogens is 497 g/mol. The molecule has 0 aliphatic carbocycles. The summed E-state index contributed by atoms with van der Waals surface area (Å²) < 4.78 is 30.0. The third-order valence-corrected chi connectivity index (χ3v) is 6.95. The Morgan fingerprint density at radius 3 is 2.60 bits per heavy atom. The van der Waals surface area contributed by atoms with Crippen LogP contribution in [0.25, 0.3) is 0 Å². The zero-order valence-corrected chi connectivity index (χ0v) is 22.9. The predicted octanol–water partition coefficient (Wildman–Crippen LogP) is 2.76. The summed E-state index contributed by atoms with van der Waals surface area (Å²) in [6.07, 6.45) is 0.104. The van der Waals surface area contributed by atoms with Gasteiger partial charge in [-0.3, -0.25) is 14.2 Å². The van der Waals surface area contributed by atoms with E-state index in [9.17, 15) is 14.4 Å². The summed E-state index contributed by atoms with van der Waals surface area (Å²) in [6, 6.07) is 1.52. The molecule has 198 valence electrons. The fraction of sp³-hybridized carbons (Fsp3) is 0.727. The van der Waals surface area contributed by atoms with Gasteiger partial charge in [-0.15, -0.1) is 0 Å². The van der Waals surface area contributed by atoms with Crippen LogP contribution in [0.3, 0.4) is 0 Å². The van der Waals surface area contributed by atoms with Gasteiger partial charge in [0.2, 0.25) is 5.91 Å². The molecule has 1 amide bonds. The Morgan fingerprint density at radius 1 is 1.26 bits per heavy atom. The zero-order valence-electron chi connectivity index (χ0n) is 21.1. The molecular formula is C22H36N3O8PS. The molecule has 1 N–H and O–H groups in total. The molecule has 2 heterocycles. The van der Waals surface area contributed by atoms with Crippen molar-refractivity contribution in [3.63, 3.8) is 0 Å². The van der Waals surface area contributed by atoms with Crippen molar-refractivity contribution < 1.29 is 32.8 Å². The number of rotatable bonds is 13. The van der Waals surface area contributed by atoms with Crippen molar-refractivity contribution in [3.05, 3.63) is 22.7 Å². The van der Waals surface area contributed by atoms with Crippen LogP contribution in [-0.2, 0) is 32.8 Å². The lowest BCUT2D eigenvalue weighted by Gasteiger charge is -2.23. The Morgan fingerprint density at radius 2 is 2.00 bits per heavy atom. The molecule has 2 rings (SSSR count). The molecule has 1 aliphatic heterocycles. The van der Waals surface area contributed by atoms with Crippen LogP contribution in [0, 0.1) is 5.41 Å². The van der Waals surface area contributed by atoms with E-state index in [1.807, 2.05) is 27.7 Å². The van der Waals surface area contributed by atoms with Crippen molar-refractivity contribution in [2.45, 2.75) is 65.6 Å². The number of hydrogen-bond donors (Lipinski definition) is 1. The highest BCUT2D eigenvalue weighted by molar-refractivity contribution is 8.13. The molecule has 2 unspecified atom stereocenters. The third-order valence-electron chi connectivity index (χ3n) is 5.01. The molecule has 1 aromatic rings. The van der Waals surface area contributed by atoms with Crippen molar-refractivity contribution >= 4 is 37.6 Å². The first-order chi connectivity index (χ1) is 16.6. The van der Waals surface area contributed by atoms with E-state index >= 15 is 0 Å². The molecule has 1 fully saturated rings. The molecule has 0 aromatic carbocycles. The van der Waals surface area contributed by atoms with E-state index in [2.05, 4.69) is 10.3 Å². The average Bonchev–Trinajstić information content (AvgIpc) is 3.14. The highest BCUT2D eigenvalue weighted by atomic mass is 32.2. The van der Waals surface area contributed by atoms with Gasteiger partial charge in [-0.2, -0.15) is 4.98 Å². The first kappa shape index (κ1) is 29.8. The third kappa shape index (κ3) is 9.20. The molecule has 11 nitrogen and oxygen atoms in total. The van der Waals surface area contributed by atoms with Gasteiger partial charge in [-0.05, 0) is 12.5 Å². The maximum Gasteiger partial charge on any atom is 0.351 e. The van der Waals surface area contributed by atoms with E-state index in [1.165, 1.54) is 42.6 Å². The fourth-order valence-corrected chi connectivity index (χ4v) is 4.71.